The number of hydrogen-bond donors (Lipinski definition) is 6. The molecule has 41 heavy (non-hydrogen) atoms. The lowest BCUT2D eigenvalue weighted by molar-refractivity contribution is -0.143. The number of anilines is 3. The molecule has 0 spiro atoms. The van der Waals surface area contributed by atoms with Gasteiger partial charge in [-0.15, -0.1) is 0 Å². The highest BCUT2D eigenvalue weighted by molar-refractivity contribution is 5.98. The summed E-state index contributed by atoms with van der Waals surface area (Å²) in [6, 6.07) is 4.24. The van der Waals surface area contributed by atoms with E-state index in [1.165, 1.54) is 0 Å². The predicted octanol–water partition coefficient (Wildman–Crippen LogP) is 0.799. The molecule has 2 heterocycles. The van der Waals surface area contributed by atoms with Crippen LogP contribution in [0.15, 0.2) is 30.5 Å². The average Bonchev–Trinajstić information content (AvgIpc) is 2.90. The van der Waals surface area contributed by atoms with Crippen molar-refractivity contribution in [3.05, 3.63) is 41.7 Å². The van der Waals surface area contributed by atoms with Crippen molar-refractivity contribution >= 4 is 52.4 Å². The Hall–Kier alpha value is -5.08. The third-order valence-electron chi connectivity index (χ3n) is 6.06. The number of rotatable bonds is 13. The van der Waals surface area contributed by atoms with Crippen LogP contribution in [0.2, 0.25) is 0 Å². The molecule has 2 amide bonds. The van der Waals surface area contributed by atoms with Crippen LogP contribution in [0.25, 0.3) is 11.2 Å². The van der Waals surface area contributed by atoms with Crippen molar-refractivity contribution in [2.75, 3.05) is 23.4 Å². The predicted molar refractivity (Wildman–Crippen MR) is 150 cm³/mol. The maximum Gasteiger partial charge on any atom is 0.326 e. The van der Waals surface area contributed by atoms with Gasteiger partial charge in [0, 0.05) is 24.7 Å². The number of carbonyl (C=O) groups excluding carboxylic acids is 2. The first kappa shape index (κ1) is 30.5. The molecular formula is C26H33N9O6. The van der Waals surface area contributed by atoms with Gasteiger partial charge in [0.2, 0.25) is 11.9 Å². The Morgan fingerprint density at radius 1 is 0.976 bits per heavy atom. The lowest BCUT2D eigenvalue weighted by atomic mass is 10.0. The molecule has 3 aromatic rings. The van der Waals surface area contributed by atoms with Crippen LogP contribution in [0.5, 0.6) is 0 Å². The molecule has 3 rings (SSSR count). The van der Waals surface area contributed by atoms with Crippen molar-refractivity contribution < 1.29 is 29.4 Å². The van der Waals surface area contributed by atoms with Crippen molar-refractivity contribution in [1.82, 2.24) is 30.6 Å². The SMILES string of the molecule is CC(C)C[C@H](NC(=O)c1ccc(N(C)Cc2cnc3nc(N)nc(N)c3n2)cc1)C(=O)NC(CCC(=O)O)C(=O)O. The molecule has 0 aliphatic carbocycles. The van der Waals surface area contributed by atoms with Gasteiger partial charge in [0.05, 0.1) is 18.4 Å². The Morgan fingerprint density at radius 2 is 1.66 bits per heavy atom. The van der Waals surface area contributed by atoms with Crippen molar-refractivity contribution in [3.8, 4) is 0 Å². The van der Waals surface area contributed by atoms with E-state index in [0.717, 1.165) is 5.69 Å². The fraction of sp³-hybridized carbons (Fsp3) is 0.385. The van der Waals surface area contributed by atoms with Crippen LogP contribution in [-0.4, -0.2) is 73.0 Å². The van der Waals surface area contributed by atoms with Crippen LogP contribution in [0.1, 0.15) is 49.2 Å². The summed E-state index contributed by atoms with van der Waals surface area (Å²) < 4.78 is 0. The van der Waals surface area contributed by atoms with E-state index in [2.05, 4.69) is 30.6 Å². The van der Waals surface area contributed by atoms with Gasteiger partial charge in [-0.2, -0.15) is 9.97 Å². The molecule has 15 nitrogen and oxygen atoms in total. The first-order valence-electron chi connectivity index (χ1n) is 12.8. The molecule has 2 aromatic heterocycles. The van der Waals surface area contributed by atoms with E-state index in [1.807, 2.05) is 25.8 Å². The summed E-state index contributed by atoms with van der Waals surface area (Å²) in [4.78, 5) is 66.7. The number of nitrogens with zero attached hydrogens (tertiary/aromatic N) is 5. The molecule has 1 aromatic carbocycles. The number of nitrogens with two attached hydrogens (primary N) is 2. The summed E-state index contributed by atoms with van der Waals surface area (Å²) in [6.45, 7) is 4.07. The Balaban J connectivity index is 1.67. The monoisotopic (exact) mass is 567 g/mol. The van der Waals surface area contributed by atoms with Crippen LogP contribution in [-0.2, 0) is 20.9 Å². The normalized spacial score (nSPS) is 12.5. The Bertz CT molecular complexity index is 1430. The largest absolute Gasteiger partial charge is 0.481 e. The second-order valence-corrected chi connectivity index (χ2v) is 9.89. The molecule has 0 saturated carbocycles. The van der Waals surface area contributed by atoms with Gasteiger partial charge in [-0.05, 0) is 43.0 Å². The van der Waals surface area contributed by atoms with Gasteiger partial charge in [0.25, 0.3) is 5.91 Å². The fourth-order valence-corrected chi connectivity index (χ4v) is 4.00. The van der Waals surface area contributed by atoms with Gasteiger partial charge in [-0.25, -0.2) is 14.8 Å². The number of benzene rings is 1. The van der Waals surface area contributed by atoms with E-state index in [9.17, 15) is 24.3 Å². The molecular weight excluding hydrogens is 534 g/mol. The van der Waals surface area contributed by atoms with Gasteiger partial charge in [-0.1, -0.05) is 13.8 Å². The maximum absolute atomic E-state index is 13.0. The molecule has 8 N–H and O–H groups in total. The summed E-state index contributed by atoms with van der Waals surface area (Å²) in [6.07, 6.45) is 1.10. The maximum atomic E-state index is 13.0. The highest BCUT2D eigenvalue weighted by Gasteiger charge is 2.28. The van der Waals surface area contributed by atoms with E-state index in [-0.39, 0.29) is 36.1 Å². The molecule has 0 aliphatic heterocycles. The van der Waals surface area contributed by atoms with E-state index in [0.29, 0.717) is 23.4 Å². The Labute approximate surface area is 235 Å². The zero-order chi connectivity index (χ0) is 30.3. The third-order valence-corrected chi connectivity index (χ3v) is 6.06. The fourth-order valence-electron chi connectivity index (χ4n) is 4.00. The van der Waals surface area contributed by atoms with Crippen LogP contribution >= 0.6 is 0 Å². The van der Waals surface area contributed by atoms with Gasteiger partial charge in [0.15, 0.2) is 17.0 Å². The van der Waals surface area contributed by atoms with Crippen LogP contribution in [0.4, 0.5) is 17.5 Å². The standard InChI is InChI=1S/C26H33N9O6/c1-13(2)10-18(24(39)31-17(25(40)41)8-9-19(36)37)32-23(38)14-4-6-16(7-5-14)35(3)12-15-11-29-22-20(30-15)21(27)33-26(28)34-22/h4-7,11,13,17-18H,8-10,12H2,1-3H3,(H,31,39)(H,32,38)(H,36,37)(H,40,41)(H4,27,28,29,33,34)/t17?,18-/m0/s1. The summed E-state index contributed by atoms with van der Waals surface area (Å²) in [5, 5.41) is 23.2. The molecule has 1 unspecified atom stereocenters. The topological polar surface area (TPSA) is 240 Å². The lowest BCUT2D eigenvalue weighted by Crippen LogP contribution is -2.52. The molecule has 218 valence electrons. The van der Waals surface area contributed by atoms with E-state index in [1.54, 1.807) is 30.5 Å². The lowest BCUT2D eigenvalue weighted by Gasteiger charge is -2.23. The smallest absolute Gasteiger partial charge is 0.326 e. The number of nitrogens with one attached hydrogen (secondary N) is 2. The van der Waals surface area contributed by atoms with E-state index in [4.69, 9.17) is 16.6 Å². The van der Waals surface area contributed by atoms with E-state index < -0.39 is 42.3 Å². The van der Waals surface area contributed by atoms with Gasteiger partial charge in [-0.3, -0.25) is 14.4 Å². The van der Waals surface area contributed by atoms with Crippen LogP contribution in [0, 0.1) is 5.92 Å². The third kappa shape index (κ3) is 8.45. The number of carboxylic acids is 2. The molecule has 0 saturated heterocycles. The second-order valence-electron chi connectivity index (χ2n) is 9.89. The average molecular weight is 568 g/mol. The molecule has 0 aliphatic rings. The minimum absolute atomic E-state index is 0.00171. The van der Waals surface area contributed by atoms with Crippen molar-refractivity contribution in [1.29, 1.82) is 0 Å². The zero-order valence-electron chi connectivity index (χ0n) is 22.9. The summed E-state index contributed by atoms with van der Waals surface area (Å²) in [7, 11) is 1.83. The molecule has 0 fully saturated rings. The molecule has 0 bridgehead atoms. The first-order valence-corrected chi connectivity index (χ1v) is 12.8. The quantitative estimate of drug-likeness (QED) is 0.168. The number of nitrogen functional groups attached to an aromatic ring is 2. The number of fused-ring (bicyclic) bond motifs is 1. The minimum atomic E-state index is -1.39. The molecule has 15 heteroatoms. The van der Waals surface area contributed by atoms with Gasteiger partial charge in [0.1, 0.15) is 12.1 Å². The van der Waals surface area contributed by atoms with Crippen molar-refractivity contribution in [3.63, 3.8) is 0 Å². The summed E-state index contributed by atoms with van der Waals surface area (Å²) in [5.74, 6) is -3.62. The Kier molecular flexibility index (Phi) is 9.90. The summed E-state index contributed by atoms with van der Waals surface area (Å²) >= 11 is 0. The van der Waals surface area contributed by atoms with Gasteiger partial charge < -0.3 is 37.2 Å². The van der Waals surface area contributed by atoms with Gasteiger partial charge >= 0.3 is 11.9 Å². The summed E-state index contributed by atoms with van der Waals surface area (Å²) in [5.41, 5.74) is 13.8. The highest BCUT2D eigenvalue weighted by Crippen LogP contribution is 2.19. The number of carbonyl (C=O) groups is 4. The van der Waals surface area contributed by atoms with Crippen molar-refractivity contribution in [2.24, 2.45) is 5.92 Å². The molecule has 2 atom stereocenters. The minimum Gasteiger partial charge on any atom is -0.481 e. The number of aliphatic carboxylic acids is 2. The Morgan fingerprint density at radius 3 is 2.27 bits per heavy atom. The van der Waals surface area contributed by atoms with Crippen LogP contribution in [0.3, 0.4) is 0 Å². The number of aromatic nitrogens is 4. The number of hydrogen-bond acceptors (Lipinski definition) is 11. The van der Waals surface area contributed by atoms with Crippen LogP contribution < -0.4 is 27.0 Å². The highest BCUT2D eigenvalue weighted by atomic mass is 16.4. The number of amides is 2. The number of carboxylic acid groups (broad SMARTS) is 2. The van der Waals surface area contributed by atoms with E-state index >= 15 is 0 Å². The molecule has 0 radical (unpaired) electrons. The second kappa shape index (κ2) is 13.3. The first-order chi connectivity index (χ1) is 19.3. The zero-order valence-corrected chi connectivity index (χ0v) is 22.9. The van der Waals surface area contributed by atoms with Crippen molar-refractivity contribution in [2.45, 2.75) is 51.7 Å².